The third kappa shape index (κ3) is 5.55. The second kappa shape index (κ2) is 10.4. The lowest BCUT2D eigenvalue weighted by atomic mass is 10.0. The van der Waals surface area contributed by atoms with Gasteiger partial charge in [-0.1, -0.05) is 6.07 Å². The van der Waals surface area contributed by atoms with Gasteiger partial charge in [-0.2, -0.15) is 0 Å². The van der Waals surface area contributed by atoms with Gasteiger partial charge in [0.25, 0.3) is 5.91 Å². The zero-order chi connectivity index (χ0) is 29.6. The van der Waals surface area contributed by atoms with Gasteiger partial charge < -0.3 is 20.3 Å². The normalized spacial score (nSPS) is 16.9. The predicted molar refractivity (Wildman–Crippen MR) is 158 cm³/mol. The largest absolute Gasteiger partial charge is 0.444 e. The van der Waals surface area contributed by atoms with E-state index in [0.29, 0.717) is 36.4 Å². The standard InChI is InChI=1S/C30H32N6O5S/c1-30(2,3)41-29(38)35-14-12-22(18-35)34-42(39,40)23-7-5-21(6-8-23)33-25-10-11-26(36-15-13-31-27(25)36)19-4-9-24-20(16-19)17-32-28(24)37/h4-11,13,15-16,22,33-34H,12,14,17-18H2,1-3H3,(H,32,37). The van der Waals surface area contributed by atoms with Crippen LogP contribution in [0.25, 0.3) is 16.9 Å². The molecule has 2 aromatic carbocycles. The molecule has 1 unspecified atom stereocenters. The molecule has 1 atom stereocenters. The Morgan fingerprint density at radius 1 is 1.10 bits per heavy atom. The van der Waals surface area contributed by atoms with Crippen molar-refractivity contribution in [2.75, 3.05) is 18.4 Å². The molecular weight excluding hydrogens is 556 g/mol. The average Bonchev–Trinajstić information content (AvgIpc) is 3.69. The first-order valence-electron chi connectivity index (χ1n) is 13.7. The molecule has 42 heavy (non-hydrogen) atoms. The predicted octanol–water partition coefficient (Wildman–Crippen LogP) is 4.28. The maximum Gasteiger partial charge on any atom is 0.410 e. The van der Waals surface area contributed by atoms with Crippen molar-refractivity contribution in [3.63, 3.8) is 0 Å². The van der Waals surface area contributed by atoms with Crippen molar-refractivity contribution in [1.29, 1.82) is 0 Å². The third-order valence-electron chi connectivity index (χ3n) is 7.24. The van der Waals surface area contributed by atoms with Crippen molar-refractivity contribution in [2.24, 2.45) is 0 Å². The number of imidazole rings is 1. The number of carbonyl (C=O) groups is 2. The van der Waals surface area contributed by atoms with Gasteiger partial charge >= 0.3 is 6.09 Å². The van der Waals surface area contributed by atoms with Crippen LogP contribution in [-0.4, -0.2) is 59.4 Å². The lowest BCUT2D eigenvalue weighted by molar-refractivity contribution is 0.0291. The summed E-state index contributed by atoms with van der Waals surface area (Å²) in [6.07, 6.45) is 3.66. The van der Waals surface area contributed by atoms with Gasteiger partial charge in [-0.25, -0.2) is 22.9 Å². The van der Waals surface area contributed by atoms with E-state index in [1.165, 1.54) is 4.90 Å². The number of anilines is 2. The van der Waals surface area contributed by atoms with E-state index < -0.39 is 27.8 Å². The number of ether oxygens (including phenoxy) is 1. The van der Waals surface area contributed by atoms with Crippen LogP contribution in [0.3, 0.4) is 0 Å². The van der Waals surface area contributed by atoms with E-state index in [1.807, 2.05) is 40.9 Å². The van der Waals surface area contributed by atoms with Crippen LogP contribution in [0.2, 0.25) is 0 Å². The summed E-state index contributed by atoms with van der Waals surface area (Å²) in [7, 11) is -3.79. The maximum atomic E-state index is 13.1. The molecule has 0 radical (unpaired) electrons. The number of hydrogen-bond acceptors (Lipinski definition) is 7. The quantitative estimate of drug-likeness (QED) is 0.306. The van der Waals surface area contributed by atoms with Crippen LogP contribution in [0.1, 0.15) is 43.1 Å². The van der Waals surface area contributed by atoms with Crippen molar-refractivity contribution >= 4 is 39.0 Å². The van der Waals surface area contributed by atoms with E-state index in [0.717, 1.165) is 22.5 Å². The summed E-state index contributed by atoms with van der Waals surface area (Å²) in [6, 6.07) is 15.8. The van der Waals surface area contributed by atoms with Crippen LogP contribution in [0.15, 0.2) is 71.9 Å². The highest BCUT2D eigenvalue weighted by atomic mass is 32.2. The molecule has 11 nitrogen and oxygen atoms in total. The summed E-state index contributed by atoms with van der Waals surface area (Å²) in [5.74, 6) is -0.0538. The fourth-order valence-corrected chi connectivity index (χ4v) is 6.51. The molecule has 2 aliphatic rings. The Morgan fingerprint density at radius 3 is 2.64 bits per heavy atom. The molecule has 12 heteroatoms. The van der Waals surface area contributed by atoms with E-state index in [2.05, 4.69) is 20.3 Å². The molecule has 2 amide bonds. The van der Waals surface area contributed by atoms with Crippen LogP contribution in [0, 0.1) is 0 Å². The molecule has 0 aliphatic carbocycles. The Bertz CT molecular complexity index is 1790. The number of pyridine rings is 1. The van der Waals surface area contributed by atoms with Crippen LogP contribution in [0.4, 0.5) is 16.2 Å². The zero-order valence-corrected chi connectivity index (χ0v) is 24.4. The highest BCUT2D eigenvalue weighted by Crippen LogP contribution is 2.30. The first-order valence-corrected chi connectivity index (χ1v) is 15.2. The first kappa shape index (κ1) is 27.7. The lowest BCUT2D eigenvalue weighted by Gasteiger charge is -2.24. The van der Waals surface area contributed by atoms with E-state index in [9.17, 15) is 18.0 Å². The van der Waals surface area contributed by atoms with Crippen LogP contribution >= 0.6 is 0 Å². The monoisotopic (exact) mass is 588 g/mol. The van der Waals surface area contributed by atoms with Gasteiger partial charge in [0.2, 0.25) is 10.0 Å². The number of sulfonamides is 1. The third-order valence-corrected chi connectivity index (χ3v) is 8.78. The van der Waals surface area contributed by atoms with E-state index in [-0.39, 0.29) is 17.3 Å². The van der Waals surface area contributed by atoms with Crippen LogP contribution < -0.4 is 15.4 Å². The van der Waals surface area contributed by atoms with Crippen molar-refractivity contribution in [3.8, 4) is 11.3 Å². The van der Waals surface area contributed by atoms with Crippen LogP contribution in [-0.2, 0) is 21.3 Å². The van der Waals surface area contributed by atoms with Gasteiger partial charge in [0.15, 0.2) is 5.65 Å². The number of amides is 2. The fourth-order valence-electron chi connectivity index (χ4n) is 5.25. The molecule has 0 spiro atoms. The molecule has 1 fully saturated rings. The Kier molecular flexibility index (Phi) is 6.90. The number of nitrogens with one attached hydrogen (secondary N) is 3. The highest BCUT2D eigenvalue weighted by Gasteiger charge is 2.32. The van der Waals surface area contributed by atoms with E-state index >= 15 is 0 Å². The molecule has 4 heterocycles. The molecule has 1 saturated heterocycles. The second-order valence-electron chi connectivity index (χ2n) is 11.5. The number of benzene rings is 2. The van der Waals surface area contributed by atoms with Gasteiger partial charge in [0.1, 0.15) is 5.60 Å². The number of likely N-dealkylation sites (tertiary alicyclic amines) is 1. The summed E-state index contributed by atoms with van der Waals surface area (Å²) in [5.41, 5.74) is 5.11. The summed E-state index contributed by atoms with van der Waals surface area (Å²) in [4.78, 5) is 30.5. The van der Waals surface area contributed by atoms with Crippen molar-refractivity contribution in [2.45, 2.75) is 50.3 Å². The van der Waals surface area contributed by atoms with E-state index in [4.69, 9.17) is 4.74 Å². The molecular formula is C30H32N6O5S. The van der Waals surface area contributed by atoms with Gasteiger partial charge in [-0.05, 0) is 86.8 Å². The molecule has 0 bridgehead atoms. The maximum absolute atomic E-state index is 13.1. The number of rotatable bonds is 6. The van der Waals surface area contributed by atoms with E-state index in [1.54, 1.807) is 51.2 Å². The fraction of sp³-hybridized carbons (Fsp3) is 0.300. The number of aromatic nitrogens is 2. The van der Waals surface area contributed by atoms with Crippen molar-refractivity contribution < 1.29 is 22.7 Å². The molecule has 6 rings (SSSR count). The van der Waals surface area contributed by atoms with Gasteiger partial charge in [0.05, 0.1) is 16.3 Å². The number of fused-ring (bicyclic) bond motifs is 2. The average molecular weight is 589 g/mol. The Hall–Kier alpha value is -4.42. The number of hydrogen-bond donors (Lipinski definition) is 3. The molecule has 4 aromatic rings. The second-order valence-corrected chi connectivity index (χ2v) is 13.2. The Balaban J connectivity index is 1.14. The molecule has 3 N–H and O–H groups in total. The summed E-state index contributed by atoms with van der Waals surface area (Å²) < 4.78 is 36.2. The topological polar surface area (TPSA) is 134 Å². The van der Waals surface area contributed by atoms with Gasteiger partial charge in [-0.15, -0.1) is 0 Å². The highest BCUT2D eigenvalue weighted by molar-refractivity contribution is 7.89. The lowest BCUT2D eigenvalue weighted by Crippen LogP contribution is -2.40. The SMILES string of the molecule is CC(C)(C)OC(=O)N1CCC(NS(=O)(=O)c2ccc(Nc3ccc(-c4ccc5c(c4)CNC5=O)n4ccnc34)cc2)C1. The molecule has 218 valence electrons. The van der Waals surface area contributed by atoms with Gasteiger partial charge in [0, 0.05) is 49.3 Å². The zero-order valence-electron chi connectivity index (χ0n) is 23.5. The first-order chi connectivity index (χ1) is 20.0. The molecule has 2 aliphatic heterocycles. The molecule has 0 saturated carbocycles. The number of carbonyl (C=O) groups excluding carboxylic acids is 2. The minimum absolute atomic E-state index is 0.0538. The van der Waals surface area contributed by atoms with Crippen molar-refractivity contribution in [3.05, 3.63) is 78.1 Å². The smallest absolute Gasteiger partial charge is 0.410 e. The molecule has 2 aromatic heterocycles. The van der Waals surface area contributed by atoms with Gasteiger partial charge in [-0.3, -0.25) is 9.20 Å². The summed E-state index contributed by atoms with van der Waals surface area (Å²) in [5, 5.41) is 6.18. The Labute approximate surface area is 243 Å². The van der Waals surface area contributed by atoms with Crippen LogP contribution in [0.5, 0.6) is 0 Å². The number of nitrogens with zero attached hydrogens (tertiary/aromatic N) is 3. The Morgan fingerprint density at radius 2 is 1.88 bits per heavy atom. The summed E-state index contributed by atoms with van der Waals surface area (Å²) in [6.45, 7) is 6.58. The summed E-state index contributed by atoms with van der Waals surface area (Å²) >= 11 is 0. The minimum Gasteiger partial charge on any atom is -0.444 e. The minimum atomic E-state index is -3.79. The van der Waals surface area contributed by atoms with Crippen molar-refractivity contribution in [1.82, 2.24) is 24.3 Å².